The minimum atomic E-state index is -2.91. The molecular formula is C12H14F3N3O3. The van der Waals surface area contributed by atoms with Crippen molar-refractivity contribution in [2.75, 3.05) is 26.2 Å². The van der Waals surface area contributed by atoms with Gasteiger partial charge >= 0.3 is 0 Å². The van der Waals surface area contributed by atoms with Crippen LogP contribution in [-0.2, 0) is 0 Å². The highest BCUT2D eigenvalue weighted by Gasteiger charge is 2.34. The molecule has 0 bridgehead atoms. The molecule has 0 aromatic heterocycles. The molecule has 1 heterocycles. The predicted octanol–water partition coefficient (Wildman–Crippen LogP) is 1.65. The highest BCUT2D eigenvalue weighted by molar-refractivity contribution is 5.46. The van der Waals surface area contributed by atoms with Crippen molar-refractivity contribution in [2.24, 2.45) is 0 Å². The fourth-order valence-corrected chi connectivity index (χ4v) is 2.39. The van der Waals surface area contributed by atoms with Gasteiger partial charge in [0.25, 0.3) is 12.1 Å². The summed E-state index contributed by atoms with van der Waals surface area (Å²) in [6, 6.07) is -0.266. The molecule has 0 aliphatic carbocycles. The van der Waals surface area contributed by atoms with Crippen LogP contribution in [0.2, 0.25) is 0 Å². The largest absolute Gasteiger partial charge is 0.505 e. The molecule has 116 valence electrons. The number of nitro groups is 1. The van der Waals surface area contributed by atoms with E-state index >= 15 is 0 Å². The van der Waals surface area contributed by atoms with Crippen LogP contribution in [0.15, 0.2) is 12.1 Å². The van der Waals surface area contributed by atoms with Crippen LogP contribution < -0.4 is 5.32 Å². The first-order valence-electron chi connectivity index (χ1n) is 6.31. The number of benzene rings is 1. The Balaban J connectivity index is 2.46. The zero-order valence-corrected chi connectivity index (χ0v) is 10.9. The maximum absolute atomic E-state index is 13.6. The second-order valence-corrected chi connectivity index (χ2v) is 4.69. The minimum absolute atomic E-state index is 0.277. The molecule has 1 aliphatic heterocycles. The number of hydrogen-bond donors (Lipinski definition) is 2. The number of non-ortho nitro benzene ring substituents is 1. The molecule has 1 fully saturated rings. The molecule has 2 N–H and O–H groups in total. The van der Waals surface area contributed by atoms with E-state index in [2.05, 4.69) is 5.32 Å². The van der Waals surface area contributed by atoms with Crippen LogP contribution in [-0.4, -0.2) is 47.5 Å². The molecule has 9 heteroatoms. The normalized spacial score (nSPS) is 17.9. The van der Waals surface area contributed by atoms with Crippen LogP contribution in [0.3, 0.4) is 0 Å². The average molecular weight is 305 g/mol. The number of nitrogens with one attached hydrogen (secondary N) is 1. The van der Waals surface area contributed by atoms with Crippen molar-refractivity contribution < 1.29 is 23.2 Å². The highest BCUT2D eigenvalue weighted by atomic mass is 19.3. The Bertz CT molecular complexity index is 536. The predicted molar refractivity (Wildman–Crippen MR) is 67.9 cm³/mol. The lowest BCUT2D eigenvalue weighted by Gasteiger charge is -2.34. The lowest BCUT2D eigenvalue weighted by Crippen LogP contribution is -2.47. The van der Waals surface area contributed by atoms with Crippen molar-refractivity contribution in [3.8, 4) is 5.75 Å². The molecule has 0 saturated carbocycles. The van der Waals surface area contributed by atoms with Gasteiger partial charge in [-0.05, 0) is 0 Å². The number of nitrogens with zero attached hydrogens (tertiary/aromatic N) is 2. The van der Waals surface area contributed by atoms with Crippen LogP contribution in [0.1, 0.15) is 11.6 Å². The smallest absolute Gasteiger partial charge is 0.272 e. The number of aromatic hydroxyl groups is 1. The van der Waals surface area contributed by atoms with Crippen molar-refractivity contribution in [3.05, 3.63) is 33.6 Å². The van der Waals surface area contributed by atoms with Gasteiger partial charge in [-0.25, -0.2) is 13.2 Å². The highest BCUT2D eigenvalue weighted by Crippen LogP contribution is 2.37. The lowest BCUT2D eigenvalue weighted by molar-refractivity contribution is -0.385. The van der Waals surface area contributed by atoms with Crippen molar-refractivity contribution >= 4 is 5.69 Å². The van der Waals surface area contributed by atoms with Crippen LogP contribution >= 0.6 is 0 Å². The summed E-state index contributed by atoms with van der Waals surface area (Å²) in [7, 11) is 0. The Labute approximate surface area is 118 Å². The van der Waals surface area contributed by atoms with Crippen molar-refractivity contribution in [1.82, 2.24) is 10.2 Å². The number of phenols is 1. The molecule has 1 saturated heterocycles. The zero-order valence-electron chi connectivity index (χ0n) is 10.9. The third-order valence-electron chi connectivity index (χ3n) is 3.39. The Morgan fingerprint density at radius 1 is 1.33 bits per heavy atom. The monoisotopic (exact) mass is 305 g/mol. The molecule has 1 aromatic carbocycles. The van der Waals surface area contributed by atoms with Crippen LogP contribution in [0.4, 0.5) is 18.9 Å². The van der Waals surface area contributed by atoms with E-state index < -0.39 is 40.2 Å². The van der Waals surface area contributed by atoms with Crippen molar-refractivity contribution in [2.45, 2.75) is 12.5 Å². The molecule has 0 amide bonds. The molecule has 21 heavy (non-hydrogen) atoms. The topological polar surface area (TPSA) is 78.6 Å². The number of halogens is 3. The quantitative estimate of drug-likeness (QED) is 0.653. The van der Waals surface area contributed by atoms with Gasteiger partial charge in [-0.2, -0.15) is 0 Å². The summed E-state index contributed by atoms with van der Waals surface area (Å²) in [5, 5.41) is 23.4. The number of alkyl halides is 2. The van der Waals surface area contributed by atoms with E-state index in [0.717, 1.165) is 6.07 Å². The first kappa shape index (κ1) is 15.5. The zero-order chi connectivity index (χ0) is 15.6. The van der Waals surface area contributed by atoms with Gasteiger partial charge in [0, 0.05) is 37.8 Å². The first-order valence-corrected chi connectivity index (χ1v) is 6.31. The van der Waals surface area contributed by atoms with Crippen LogP contribution in [0.5, 0.6) is 5.75 Å². The van der Waals surface area contributed by atoms with Gasteiger partial charge in [-0.15, -0.1) is 0 Å². The van der Waals surface area contributed by atoms with Gasteiger partial charge in [0.1, 0.15) is 6.04 Å². The molecule has 1 atom stereocenters. The minimum Gasteiger partial charge on any atom is -0.505 e. The van der Waals surface area contributed by atoms with Gasteiger partial charge in [-0.1, -0.05) is 0 Å². The lowest BCUT2D eigenvalue weighted by atomic mass is 10.0. The molecule has 2 rings (SSSR count). The summed E-state index contributed by atoms with van der Waals surface area (Å²) in [5.41, 5.74) is -1.13. The summed E-state index contributed by atoms with van der Waals surface area (Å²) in [6.45, 7) is 1.50. The van der Waals surface area contributed by atoms with E-state index in [4.69, 9.17) is 0 Å². The molecular weight excluding hydrogens is 291 g/mol. The number of phenolic OH excluding ortho intramolecular Hbond substituents is 1. The van der Waals surface area contributed by atoms with E-state index in [-0.39, 0.29) is 13.1 Å². The third-order valence-corrected chi connectivity index (χ3v) is 3.39. The Kier molecular flexibility index (Phi) is 4.63. The van der Waals surface area contributed by atoms with Gasteiger partial charge < -0.3 is 10.4 Å². The SMILES string of the molecule is O=[N+]([O-])c1cc(F)c(O)c([C@@H](C(F)F)N2CCNCC2)c1. The van der Waals surface area contributed by atoms with Crippen LogP contribution in [0.25, 0.3) is 0 Å². The fraction of sp³-hybridized carbons (Fsp3) is 0.500. The molecule has 0 spiro atoms. The van der Waals surface area contributed by atoms with E-state index in [9.17, 15) is 28.4 Å². The third kappa shape index (κ3) is 3.24. The maximum atomic E-state index is 13.6. The summed E-state index contributed by atoms with van der Waals surface area (Å²) in [6.07, 6.45) is -2.91. The molecule has 0 unspecified atom stereocenters. The van der Waals surface area contributed by atoms with Crippen molar-refractivity contribution in [3.63, 3.8) is 0 Å². The second kappa shape index (κ2) is 6.27. The van der Waals surface area contributed by atoms with Crippen molar-refractivity contribution in [1.29, 1.82) is 0 Å². The number of nitro benzene ring substituents is 1. The van der Waals surface area contributed by atoms with Gasteiger partial charge in [0.15, 0.2) is 11.6 Å². The average Bonchev–Trinajstić information content (AvgIpc) is 2.44. The fourth-order valence-electron chi connectivity index (χ4n) is 2.39. The number of piperazine rings is 1. The van der Waals surface area contributed by atoms with E-state index in [1.54, 1.807) is 0 Å². The summed E-state index contributed by atoms with van der Waals surface area (Å²) in [4.78, 5) is 11.2. The molecule has 0 radical (unpaired) electrons. The first-order chi connectivity index (χ1) is 9.91. The second-order valence-electron chi connectivity index (χ2n) is 4.69. The molecule has 6 nitrogen and oxygen atoms in total. The Morgan fingerprint density at radius 3 is 2.48 bits per heavy atom. The van der Waals surface area contributed by atoms with Gasteiger partial charge in [-0.3, -0.25) is 15.0 Å². The Morgan fingerprint density at radius 2 is 1.95 bits per heavy atom. The number of rotatable bonds is 4. The molecule has 1 aliphatic rings. The maximum Gasteiger partial charge on any atom is 0.272 e. The number of hydrogen-bond acceptors (Lipinski definition) is 5. The van der Waals surface area contributed by atoms with Gasteiger partial charge in [0.05, 0.1) is 11.0 Å². The van der Waals surface area contributed by atoms with E-state index in [1.807, 2.05) is 0 Å². The standard InChI is InChI=1S/C12H14F3N3O3/c13-9-6-7(18(20)21)5-8(11(9)19)10(12(14)15)17-3-1-16-2-4-17/h5-6,10,12,16,19H,1-4H2/t10-/m0/s1. The van der Waals surface area contributed by atoms with E-state index in [0.29, 0.717) is 19.2 Å². The summed E-state index contributed by atoms with van der Waals surface area (Å²) < 4.78 is 40.3. The summed E-state index contributed by atoms with van der Waals surface area (Å²) in [5.74, 6) is -2.25. The van der Waals surface area contributed by atoms with Gasteiger partial charge in [0.2, 0.25) is 0 Å². The molecule has 1 aromatic rings. The van der Waals surface area contributed by atoms with E-state index in [1.165, 1.54) is 4.90 Å². The Hall–Kier alpha value is -1.87. The summed E-state index contributed by atoms with van der Waals surface area (Å²) >= 11 is 0. The van der Waals surface area contributed by atoms with Crippen LogP contribution in [0, 0.1) is 15.9 Å².